The van der Waals surface area contributed by atoms with Crippen molar-refractivity contribution >= 4 is 5.69 Å². The van der Waals surface area contributed by atoms with Crippen LogP contribution in [-0.4, -0.2) is 34.5 Å². The third-order valence-electron chi connectivity index (χ3n) is 4.87. The van der Waals surface area contributed by atoms with Crippen LogP contribution in [0.1, 0.15) is 35.6 Å². The number of aromatic nitrogens is 2. The highest BCUT2D eigenvalue weighted by molar-refractivity contribution is 5.61. The van der Waals surface area contributed by atoms with Crippen molar-refractivity contribution in [2.75, 3.05) is 25.0 Å². The van der Waals surface area contributed by atoms with E-state index in [-0.39, 0.29) is 0 Å². The first-order valence-corrected chi connectivity index (χ1v) is 7.95. The summed E-state index contributed by atoms with van der Waals surface area (Å²) in [5.41, 5.74) is 5.65. The summed E-state index contributed by atoms with van der Waals surface area (Å²) in [6.45, 7) is 4.51. The average molecular weight is 282 g/mol. The molecule has 0 bridgehead atoms. The van der Waals surface area contributed by atoms with E-state index in [0.717, 1.165) is 13.1 Å². The summed E-state index contributed by atoms with van der Waals surface area (Å²) in [6.07, 6.45) is 7.40. The van der Waals surface area contributed by atoms with E-state index in [1.54, 1.807) is 6.33 Å². The van der Waals surface area contributed by atoms with Gasteiger partial charge in [0.25, 0.3) is 0 Å². The molecule has 0 unspecified atom stereocenters. The standard InChI is InChI=1S/C17H22N4/c1-2-14-4-7-19-17(14)15(3-1)11-21-8-5-13(6-9-21)16-10-18-12-20-16/h1-3,10,12-13,19H,4-9,11H2,(H,18,20). The van der Waals surface area contributed by atoms with Gasteiger partial charge in [0, 0.05) is 36.6 Å². The lowest BCUT2D eigenvalue weighted by molar-refractivity contribution is 0.203. The van der Waals surface area contributed by atoms with Gasteiger partial charge in [-0.15, -0.1) is 0 Å². The van der Waals surface area contributed by atoms with Gasteiger partial charge in [-0.05, 0) is 43.5 Å². The van der Waals surface area contributed by atoms with Crippen LogP contribution >= 0.6 is 0 Å². The average Bonchev–Trinajstić information content (AvgIpc) is 3.20. The summed E-state index contributed by atoms with van der Waals surface area (Å²) in [7, 11) is 0. The number of likely N-dealkylation sites (tertiary alicyclic amines) is 1. The number of anilines is 1. The van der Waals surface area contributed by atoms with Gasteiger partial charge in [0.15, 0.2) is 0 Å². The van der Waals surface area contributed by atoms with Gasteiger partial charge < -0.3 is 10.3 Å². The van der Waals surface area contributed by atoms with Gasteiger partial charge in [0.2, 0.25) is 0 Å². The molecule has 2 aromatic rings. The lowest BCUT2D eigenvalue weighted by Gasteiger charge is -2.31. The third kappa shape index (κ3) is 2.56. The van der Waals surface area contributed by atoms with Crippen molar-refractivity contribution in [2.45, 2.75) is 31.7 Å². The van der Waals surface area contributed by atoms with Gasteiger partial charge in [0.05, 0.1) is 6.33 Å². The van der Waals surface area contributed by atoms with Crippen LogP contribution in [0.5, 0.6) is 0 Å². The van der Waals surface area contributed by atoms with E-state index in [1.165, 1.54) is 54.9 Å². The molecule has 0 amide bonds. The van der Waals surface area contributed by atoms with Crippen LogP contribution in [0, 0.1) is 0 Å². The highest BCUT2D eigenvalue weighted by Gasteiger charge is 2.23. The van der Waals surface area contributed by atoms with Gasteiger partial charge >= 0.3 is 0 Å². The van der Waals surface area contributed by atoms with E-state index in [4.69, 9.17) is 0 Å². The Bertz CT molecular complexity index is 597. The van der Waals surface area contributed by atoms with Crippen molar-refractivity contribution < 1.29 is 0 Å². The molecule has 0 saturated carbocycles. The number of para-hydroxylation sites is 1. The largest absolute Gasteiger partial charge is 0.384 e. The number of nitrogens with one attached hydrogen (secondary N) is 2. The van der Waals surface area contributed by atoms with Gasteiger partial charge in [-0.1, -0.05) is 18.2 Å². The number of piperidine rings is 1. The second kappa shape index (κ2) is 5.53. The van der Waals surface area contributed by atoms with Crippen molar-refractivity contribution in [3.05, 3.63) is 47.5 Å². The molecule has 2 N–H and O–H groups in total. The first kappa shape index (κ1) is 12.9. The normalized spacial score (nSPS) is 19.4. The number of rotatable bonds is 3. The Morgan fingerprint density at radius 1 is 1.24 bits per heavy atom. The van der Waals surface area contributed by atoms with Crippen molar-refractivity contribution in [3.8, 4) is 0 Å². The Kier molecular flexibility index (Phi) is 3.39. The Hall–Kier alpha value is -1.81. The first-order valence-electron chi connectivity index (χ1n) is 7.95. The monoisotopic (exact) mass is 282 g/mol. The van der Waals surface area contributed by atoms with Crippen LogP contribution in [0.4, 0.5) is 5.69 Å². The maximum Gasteiger partial charge on any atom is 0.0921 e. The molecule has 110 valence electrons. The number of H-pyrrole nitrogens is 1. The van der Waals surface area contributed by atoms with Crippen LogP contribution in [0.25, 0.3) is 0 Å². The van der Waals surface area contributed by atoms with Crippen molar-refractivity contribution in [1.82, 2.24) is 14.9 Å². The summed E-state index contributed by atoms with van der Waals surface area (Å²) in [5, 5.41) is 3.55. The van der Waals surface area contributed by atoms with Crippen LogP contribution in [0.15, 0.2) is 30.7 Å². The number of hydrogen-bond donors (Lipinski definition) is 2. The Labute approximate surface area is 125 Å². The lowest BCUT2D eigenvalue weighted by atomic mass is 9.93. The van der Waals surface area contributed by atoms with E-state index >= 15 is 0 Å². The minimum atomic E-state index is 0.656. The minimum Gasteiger partial charge on any atom is -0.384 e. The molecule has 0 radical (unpaired) electrons. The predicted molar refractivity (Wildman–Crippen MR) is 84.5 cm³/mol. The Morgan fingerprint density at radius 3 is 2.95 bits per heavy atom. The number of benzene rings is 1. The summed E-state index contributed by atoms with van der Waals surface area (Å²) in [4.78, 5) is 10.00. The van der Waals surface area contributed by atoms with E-state index in [2.05, 4.69) is 38.4 Å². The van der Waals surface area contributed by atoms with Gasteiger partial charge in [0.1, 0.15) is 0 Å². The molecule has 1 aromatic heterocycles. The zero-order chi connectivity index (χ0) is 14.1. The molecule has 4 rings (SSSR count). The topological polar surface area (TPSA) is 44.0 Å². The van der Waals surface area contributed by atoms with Crippen LogP contribution < -0.4 is 5.32 Å². The predicted octanol–water partition coefficient (Wildman–Crippen LogP) is 2.76. The van der Waals surface area contributed by atoms with Crippen molar-refractivity contribution in [2.24, 2.45) is 0 Å². The fourth-order valence-electron chi connectivity index (χ4n) is 3.68. The SMILES string of the molecule is c1cc2c(c(CN3CCC(c4cnc[nH]4)CC3)c1)NCC2. The first-order chi connectivity index (χ1) is 10.4. The van der Waals surface area contributed by atoms with Crippen LogP contribution in [-0.2, 0) is 13.0 Å². The number of hydrogen-bond acceptors (Lipinski definition) is 3. The molecular weight excluding hydrogens is 260 g/mol. The molecule has 3 heterocycles. The van der Waals surface area contributed by atoms with E-state index < -0.39 is 0 Å². The molecular formula is C17H22N4. The van der Waals surface area contributed by atoms with E-state index in [1.807, 2.05) is 6.20 Å². The quantitative estimate of drug-likeness (QED) is 0.910. The Balaban J connectivity index is 1.40. The van der Waals surface area contributed by atoms with Crippen molar-refractivity contribution in [1.29, 1.82) is 0 Å². The molecule has 1 fully saturated rings. The van der Waals surface area contributed by atoms with Crippen molar-refractivity contribution in [3.63, 3.8) is 0 Å². The van der Waals surface area contributed by atoms with E-state index in [0.29, 0.717) is 5.92 Å². The van der Waals surface area contributed by atoms with Crippen LogP contribution in [0.3, 0.4) is 0 Å². The van der Waals surface area contributed by atoms with E-state index in [9.17, 15) is 0 Å². The summed E-state index contributed by atoms with van der Waals surface area (Å²) in [6, 6.07) is 6.74. The maximum absolute atomic E-state index is 4.15. The molecule has 21 heavy (non-hydrogen) atoms. The molecule has 0 aliphatic carbocycles. The van der Waals surface area contributed by atoms with Gasteiger partial charge in [-0.25, -0.2) is 4.98 Å². The van der Waals surface area contributed by atoms with Gasteiger partial charge in [-0.3, -0.25) is 4.90 Å². The second-order valence-corrected chi connectivity index (χ2v) is 6.19. The molecule has 0 atom stereocenters. The molecule has 0 spiro atoms. The molecule has 1 saturated heterocycles. The summed E-state index contributed by atoms with van der Waals surface area (Å²) >= 11 is 0. The van der Waals surface area contributed by atoms with Gasteiger partial charge in [-0.2, -0.15) is 0 Å². The minimum absolute atomic E-state index is 0.656. The highest BCUT2D eigenvalue weighted by Crippen LogP contribution is 2.30. The molecule has 4 heteroatoms. The number of imidazole rings is 1. The Morgan fingerprint density at radius 2 is 2.14 bits per heavy atom. The zero-order valence-corrected chi connectivity index (χ0v) is 12.3. The maximum atomic E-state index is 4.15. The second-order valence-electron chi connectivity index (χ2n) is 6.19. The fourth-order valence-corrected chi connectivity index (χ4v) is 3.68. The molecule has 1 aromatic carbocycles. The highest BCUT2D eigenvalue weighted by atomic mass is 15.1. The lowest BCUT2D eigenvalue weighted by Crippen LogP contribution is -2.32. The molecule has 2 aliphatic rings. The van der Waals surface area contributed by atoms with Crippen LogP contribution in [0.2, 0.25) is 0 Å². The number of nitrogens with zero attached hydrogens (tertiary/aromatic N) is 2. The molecule has 4 nitrogen and oxygen atoms in total. The number of fused-ring (bicyclic) bond motifs is 1. The summed E-state index contributed by atoms with van der Waals surface area (Å²) in [5.74, 6) is 0.656. The number of aromatic amines is 1. The zero-order valence-electron chi connectivity index (χ0n) is 12.3. The summed E-state index contributed by atoms with van der Waals surface area (Å²) < 4.78 is 0. The fraction of sp³-hybridized carbons (Fsp3) is 0.471. The molecule has 2 aliphatic heterocycles. The third-order valence-corrected chi connectivity index (χ3v) is 4.87. The smallest absolute Gasteiger partial charge is 0.0921 e.